The second-order valence-corrected chi connectivity index (χ2v) is 5.04. The van der Waals surface area contributed by atoms with E-state index in [4.69, 9.17) is 4.74 Å². The SMILES string of the molecule is COCCNC(=O)C(C)NC1CCCCC1C. The van der Waals surface area contributed by atoms with Gasteiger partial charge in [0.1, 0.15) is 0 Å². The summed E-state index contributed by atoms with van der Waals surface area (Å²) >= 11 is 0. The first-order chi connectivity index (χ1) is 8.15. The molecule has 100 valence electrons. The second-order valence-electron chi connectivity index (χ2n) is 5.04. The molecule has 3 unspecified atom stereocenters. The molecule has 0 aliphatic heterocycles. The normalized spacial score (nSPS) is 26.5. The van der Waals surface area contributed by atoms with Crippen LogP contribution in [0, 0.1) is 5.92 Å². The topological polar surface area (TPSA) is 50.4 Å². The molecule has 0 bridgehead atoms. The number of ether oxygens (including phenoxy) is 1. The van der Waals surface area contributed by atoms with Gasteiger partial charge in [0.05, 0.1) is 12.6 Å². The number of nitrogens with one attached hydrogen (secondary N) is 2. The van der Waals surface area contributed by atoms with Gasteiger partial charge in [0.2, 0.25) is 5.91 Å². The quantitative estimate of drug-likeness (QED) is 0.690. The highest BCUT2D eigenvalue weighted by Crippen LogP contribution is 2.23. The van der Waals surface area contributed by atoms with E-state index < -0.39 is 0 Å². The largest absolute Gasteiger partial charge is 0.383 e. The molecule has 0 heterocycles. The van der Waals surface area contributed by atoms with Crippen molar-refractivity contribution in [3.05, 3.63) is 0 Å². The van der Waals surface area contributed by atoms with E-state index in [1.165, 1.54) is 25.7 Å². The Bertz CT molecular complexity index is 233. The maximum absolute atomic E-state index is 11.8. The van der Waals surface area contributed by atoms with Crippen molar-refractivity contribution in [3.63, 3.8) is 0 Å². The summed E-state index contributed by atoms with van der Waals surface area (Å²) in [5.74, 6) is 0.748. The summed E-state index contributed by atoms with van der Waals surface area (Å²) in [6, 6.07) is 0.379. The molecule has 1 amide bonds. The van der Waals surface area contributed by atoms with Crippen LogP contribution in [-0.4, -0.2) is 38.3 Å². The van der Waals surface area contributed by atoms with Crippen LogP contribution in [0.3, 0.4) is 0 Å². The molecule has 1 fully saturated rings. The van der Waals surface area contributed by atoms with E-state index in [2.05, 4.69) is 17.6 Å². The first kappa shape index (κ1) is 14.5. The maximum Gasteiger partial charge on any atom is 0.236 e. The molecule has 1 saturated carbocycles. The number of carbonyl (C=O) groups excluding carboxylic acids is 1. The van der Waals surface area contributed by atoms with Gasteiger partial charge in [-0.1, -0.05) is 19.8 Å². The molecule has 1 aliphatic carbocycles. The van der Waals surface area contributed by atoms with Crippen LogP contribution in [0.25, 0.3) is 0 Å². The Labute approximate surface area is 104 Å². The summed E-state index contributed by atoms with van der Waals surface area (Å²) in [6.45, 7) is 5.36. The molecule has 0 aromatic carbocycles. The van der Waals surface area contributed by atoms with Crippen LogP contribution >= 0.6 is 0 Å². The number of carbonyl (C=O) groups is 1. The lowest BCUT2D eigenvalue weighted by Gasteiger charge is -2.31. The summed E-state index contributed by atoms with van der Waals surface area (Å²) in [7, 11) is 1.64. The minimum Gasteiger partial charge on any atom is -0.383 e. The zero-order valence-corrected chi connectivity index (χ0v) is 11.3. The third kappa shape index (κ3) is 5.04. The first-order valence-corrected chi connectivity index (χ1v) is 6.68. The number of rotatable bonds is 6. The van der Waals surface area contributed by atoms with Crippen molar-refractivity contribution < 1.29 is 9.53 Å². The van der Waals surface area contributed by atoms with Crippen LogP contribution in [0.1, 0.15) is 39.5 Å². The van der Waals surface area contributed by atoms with Crippen LogP contribution < -0.4 is 10.6 Å². The Hall–Kier alpha value is -0.610. The highest BCUT2D eigenvalue weighted by atomic mass is 16.5. The Balaban J connectivity index is 2.26. The molecule has 0 aromatic rings. The van der Waals surface area contributed by atoms with Gasteiger partial charge >= 0.3 is 0 Å². The molecule has 0 spiro atoms. The van der Waals surface area contributed by atoms with Crippen LogP contribution in [0.4, 0.5) is 0 Å². The smallest absolute Gasteiger partial charge is 0.236 e. The van der Waals surface area contributed by atoms with Crippen molar-refractivity contribution in [1.29, 1.82) is 0 Å². The van der Waals surface area contributed by atoms with Crippen molar-refractivity contribution in [2.24, 2.45) is 5.92 Å². The third-order valence-corrected chi connectivity index (χ3v) is 3.57. The summed E-state index contributed by atoms with van der Waals surface area (Å²) in [5, 5.41) is 6.30. The monoisotopic (exact) mass is 242 g/mol. The van der Waals surface area contributed by atoms with E-state index in [0.29, 0.717) is 25.1 Å². The van der Waals surface area contributed by atoms with E-state index in [1.807, 2.05) is 6.92 Å². The van der Waals surface area contributed by atoms with E-state index in [9.17, 15) is 4.79 Å². The van der Waals surface area contributed by atoms with Gasteiger partial charge in [-0.25, -0.2) is 0 Å². The molecule has 0 aromatic heterocycles. The summed E-state index contributed by atoms with van der Waals surface area (Å²) in [5.41, 5.74) is 0. The van der Waals surface area contributed by atoms with Gasteiger partial charge in [-0.15, -0.1) is 0 Å². The molecule has 3 atom stereocenters. The zero-order chi connectivity index (χ0) is 12.7. The van der Waals surface area contributed by atoms with E-state index >= 15 is 0 Å². The standard InChI is InChI=1S/C13H26N2O2/c1-10-6-4-5-7-12(10)15-11(2)13(16)14-8-9-17-3/h10-12,15H,4-9H2,1-3H3,(H,14,16). The van der Waals surface area contributed by atoms with Gasteiger partial charge < -0.3 is 15.4 Å². The highest BCUT2D eigenvalue weighted by molar-refractivity contribution is 5.81. The zero-order valence-electron chi connectivity index (χ0n) is 11.3. The molecule has 0 saturated heterocycles. The molecule has 2 N–H and O–H groups in total. The maximum atomic E-state index is 11.8. The number of amides is 1. The Kier molecular flexibility index (Phi) is 6.52. The van der Waals surface area contributed by atoms with E-state index in [1.54, 1.807) is 7.11 Å². The van der Waals surface area contributed by atoms with Crippen LogP contribution in [0.15, 0.2) is 0 Å². The van der Waals surface area contributed by atoms with Crippen molar-refractivity contribution in [2.45, 2.75) is 51.6 Å². The number of hydrogen-bond acceptors (Lipinski definition) is 3. The van der Waals surface area contributed by atoms with Gasteiger partial charge in [-0.2, -0.15) is 0 Å². The van der Waals surface area contributed by atoms with Crippen molar-refractivity contribution >= 4 is 5.91 Å². The van der Waals surface area contributed by atoms with E-state index in [0.717, 1.165) is 0 Å². The van der Waals surface area contributed by atoms with E-state index in [-0.39, 0.29) is 11.9 Å². The number of hydrogen-bond donors (Lipinski definition) is 2. The Morgan fingerprint density at radius 2 is 2.12 bits per heavy atom. The predicted octanol–water partition coefficient (Wildman–Crippen LogP) is 1.31. The summed E-state index contributed by atoms with van der Waals surface area (Å²) < 4.78 is 4.90. The Morgan fingerprint density at radius 3 is 2.76 bits per heavy atom. The molecule has 4 nitrogen and oxygen atoms in total. The lowest BCUT2D eigenvalue weighted by Crippen LogP contribution is -2.49. The summed E-state index contributed by atoms with van der Waals surface area (Å²) in [6.07, 6.45) is 5.07. The minimum atomic E-state index is -0.114. The number of methoxy groups -OCH3 is 1. The summed E-state index contributed by atoms with van der Waals surface area (Å²) in [4.78, 5) is 11.8. The molecular formula is C13H26N2O2. The first-order valence-electron chi connectivity index (χ1n) is 6.68. The van der Waals surface area contributed by atoms with Gasteiger partial charge in [-0.3, -0.25) is 4.79 Å². The Morgan fingerprint density at radius 1 is 1.41 bits per heavy atom. The third-order valence-electron chi connectivity index (χ3n) is 3.57. The molecule has 17 heavy (non-hydrogen) atoms. The van der Waals surface area contributed by atoms with Crippen molar-refractivity contribution in [3.8, 4) is 0 Å². The molecule has 0 radical (unpaired) electrons. The van der Waals surface area contributed by atoms with Gasteiger partial charge in [-0.05, 0) is 25.7 Å². The van der Waals surface area contributed by atoms with Crippen LogP contribution in [0.5, 0.6) is 0 Å². The predicted molar refractivity (Wildman–Crippen MR) is 68.9 cm³/mol. The fourth-order valence-electron chi connectivity index (χ4n) is 2.39. The second kappa shape index (κ2) is 7.67. The molecule has 1 rings (SSSR count). The molecule has 4 heteroatoms. The molecular weight excluding hydrogens is 216 g/mol. The fourth-order valence-corrected chi connectivity index (χ4v) is 2.39. The van der Waals surface area contributed by atoms with Crippen LogP contribution in [0.2, 0.25) is 0 Å². The van der Waals surface area contributed by atoms with Gasteiger partial charge in [0.25, 0.3) is 0 Å². The van der Waals surface area contributed by atoms with Gasteiger partial charge in [0.15, 0.2) is 0 Å². The van der Waals surface area contributed by atoms with Crippen molar-refractivity contribution in [1.82, 2.24) is 10.6 Å². The van der Waals surface area contributed by atoms with Gasteiger partial charge in [0, 0.05) is 19.7 Å². The molecule has 1 aliphatic rings. The van der Waals surface area contributed by atoms with Crippen LogP contribution in [-0.2, 0) is 9.53 Å². The van der Waals surface area contributed by atoms with Crippen molar-refractivity contribution in [2.75, 3.05) is 20.3 Å². The average Bonchev–Trinajstić information content (AvgIpc) is 2.32. The lowest BCUT2D eigenvalue weighted by atomic mass is 9.85. The average molecular weight is 242 g/mol. The minimum absolute atomic E-state index is 0.0693. The fraction of sp³-hybridized carbons (Fsp3) is 0.923. The highest BCUT2D eigenvalue weighted by Gasteiger charge is 2.24. The lowest BCUT2D eigenvalue weighted by molar-refractivity contribution is -0.123.